The Hall–Kier alpha value is -2.32. The number of hydrogen-bond acceptors (Lipinski definition) is 4. The van der Waals surface area contributed by atoms with Gasteiger partial charge in [-0.2, -0.15) is 0 Å². The van der Waals surface area contributed by atoms with Crippen LogP contribution >= 0.6 is 11.6 Å². The molecule has 1 aliphatic heterocycles. The molecule has 1 fully saturated rings. The molecule has 1 aromatic carbocycles. The summed E-state index contributed by atoms with van der Waals surface area (Å²) in [7, 11) is 0. The van der Waals surface area contributed by atoms with Gasteiger partial charge in [0, 0.05) is 24.7 Å². The van der Waals surface area contributed by atoms with Crippen LogP contribution in [-0.4, -0.2) is 60.6 Å². The monoisotopic (exact) mass is 354 g/mol. The molecule has 0 radical (unpaired) electrons. The third-order valence-corrected chi connectivity index (χ3v) is 3.78. The summed E-state index contributed by atoms with van der Waals surface area (Å²) in [5.41, 5.74) is 6.02. The number of hydrogen-bond donors (Lipinski definition) is 2. The molecule has 3 N–H and O–H groups in total. The smallest absolute Gasteiger partial charge is 0.326 e. The molecule has 1 saturated heterocycles. The SMILES string of the molecule is NC(=O)N(CC(=O)N1CCOCC1)C(=O)NCc1ccc(Cl)cc1. The summed E-state index contributed by atoms with van der Waals surface area (Å²) in [5, 5.41) is 3.14. The van der Waals surface area contributed by atoms with Crippen molar-refractivity contribution >= 4 is 29.6 Å². The fraction of sp³-hybridized carbons (Fsp3) is 0.400. The number of primary amides is 1. The van der Waals surface area contributed by atoms with E-state index < -0.39 is 18.6 Å². The van der Waals surface area contributed by atoms with Gasteiger partial charge in [-0.1, -0.05) is 23.7 Å². The van der Waals surface area contributed by atoms with Gasteiger partial charge in [-0.15, -0.1) is 0 Å². The van der Waals surface area contributed by atoms with Gasteiger partial charge in [-0.05, 0) is 17.7 Å². The van der Waals surface area contributed by atoms with Crippen molar-refractivity contribution in [2.45, 2.75) is 6.54 Å². The lowest BCUT2D eigenvalue weighted by Crippen LogP contribution is -2.52. The Morgan fingerprint density at radius 1 is 1.21 bits per heavy atom. The number of rotatable bonds is 4. The van der Waals surface area contributed by atoms with E-state index in [1.54, 1.807) is 24.3 Å². The molecule has 9 heteroatoms. The van der Waals surface area contributed by atoms with E-state index in [4.69, 9.17) is 22.1 Å². The summed E-state index contributed by atoms with van der Waals surface area (Å²) >= 11 is 5.79. The van der Waals surface area contributed by atoms with Crippen molar-refractivity contribution in [2.24, 2.45) is 5.73 Å². The molecule has 0 bridgehead atoms. The average molecular weight is 355 g/mol. The number of benzene rings is 1. The van der Waals surface area contributed by atoms with Crippen LogP contribution in [0.1, 0.15) is 5.56 Å². The molecule has 0 unspecified atom stereocenters. The predicted molar refractivity (Wildman–Crippen MR) is 87.4 cm³/mol. The highest BCUT2D eigenvalue weighted by molar-refractivity contribution is 6.30. The van der Waals surface area contributed by atoms with Crippen molar-refractivity contribution in [1.29, 1.82) is 0 Å². The number of nitrogens with two attached hydrogens (primary N) is 1. The first-order valence-corrected chi connectivity index (χ1v) is 7.80. The molecule has 0 saturated carbocycles. The molecular weight excluding hydrogens is 336 g/mol. The first-order chi connectivity index (χ1) is 11.5. The number of ether oxygens (including phenoxy) is 1. The summed E-state index contributed by atoms with van der Waals surface area (Å²) in [6, 6.07) is 5.17. The lowest BCUT2D eigenvalue weighted by Gasteiger charge is -2.28. The molecule has 8 nitrogen and oxygen atoms in total. The largest absolute Gasteiger partial charge is 0.378 e. The van der Waals surface area contributed by atoms with E-state index in [1.807, 2.05) is 0 Å². The van der Waals surface area contributed by atoms with Crippen LogP contribution in [-0.2, 0) is 16.1 Å². The van der Waals surface area contributed by atoms with Crippen molar-refractivity contribution in [3.63, 3.8) is 0 Å². The molecule has 0 aromatic heterocycles. The molecule has 0 aliphatic carbocycles. The standard InChI is InChI=1S/C15H19ClN4O4/c16-12-3-1-11(2-4-12)9-18-15(23)20(14(17)22)10-13(21)19-5-7-24-8-6-19/h1-4H,5-10H2,(H2,17,22)(H,18,23). The number of nitrogens with one attached hydrogen (secondary N) is 1. The average Bonchev–Trinajstić information content (AvgIpc) is 2.59. The molecule has 1 heterocycles. The molecule has 5 amide bonds. The van der Waals surface area contributed by atoms with Gasteiger partial charge < -0.3 is 20.7 Å². The van der Waals surface area contributed by atoms with E-state index in [2.05, 4.69) is 5.32 Å². The third kappa shape index (κ3) is 5.10. The normalized spacial score (nSPS) is 14.1. The van der Waals surface area contributed by atoms with E-state index in [1.165, 1.54) is 4.90 Å². The lowest BCUT2D eigenvalue weighted by molar-refractivity contribution is -0.135. The van der Waals surface area contributed by atoms with Crippen LogP contribution in [0.5, 0.6) is 0 Å². The van der Waals surface area contributed by atoms with E-state index in [0.717, 1.165) is 5.56 Å². The number of nitrogens with zero attached hydrogens (tertiary/aromatic N) is 2. The van der Waals surface area contributed by atoms with E-state index >= 15 is 0 Å². The minimum atomic E-state index is -0.981. The van der Waals surface area contributed by atoms with Crippen LogP contribution in [0.25, 0.3) is 0 Å². The Morgan fingerprint density at radius 3 is 2.42 bits per heavy atom. The van der Waals surface area contributed by atoms with Crippen molar-refractivity contribution in [3.05, 3.63) is 34.9 Å². The second kappa shape index (κ2) is 8.51. The number of imide groups is 1. The first kappa shape index (κ1) is 18.0. The number of halogens is 1. The highest BCUT2D eigenvalue weighted by atomic mass is 35.5. The fourth-order valence-electron chi connectivity index (χ4n) is 2.17. The van der Waals surface area contributed by atoms with Crippen LogP contribution in [0.15, 0.2) is 24.3 Å². The van der Waals surface area contributed by atoms with Crippen molar-refractivity contribution < 1.29 is 19.1 Å². The lowest BCUT2D eigenvalue weighted by atomic mass is 10.2. The number of carbonyl (C=O) groups is 3. The second-order valence-corrected chi connectivity index (χ2v) is 5.64. The van der Waals surface area contributed by atoms with Crippen LogP contribution in [0.2, 0.25) is 5.02 Å². The van der Waals surface area contributed by atoms with Crippen molar-refractivity contribution in [2.75, 3.05) is 32.8 Å². The topological polar surface area (TPSA) is 105 Å². The van der Waals surface area contributed by atoms with Gasteiger partial charge in [0.15, 0.2) is 0 Å². The molecule has 24 heavy (non-hydrogen) atoms. The Morgan fingerprint density at radius 2 is 1.83 bits per heavy atom. The summed E-state index contributed by atoms with van der Waals surface area (Å²) in [5.74, 6) is -0.348. The molecule has 0 atom stereocenters. The van der Waals surface area contributed by atoms with Gasteiger partial charge in [-0.25, -0.2) is 14.5 Å². The van der Waals surface area contributed by atoms with Gasteiger partial charge in [-0.3, -0.25) is 4.79 Å². The molecule has 1 aliphatic rings. The van der Waals surface area contributed by atoms with Crippen molar-refractivity contribution in [1.82, 2.24) is 15.1 Å². The summed E-state index contributed by atoms with van der Waals surface area (Å²) < 4.78 is 5.16. The summed E-state index contributed by atoms with van der Waals surface area (Å²) in [4.78, 5) is 38.0. The van der Waals surface area contributed by atoms with Crippen molar-refractivity contribution in [3.8, 4) is 0 Å². The van der Waals surface area contributed by atoms with Gasteiger partial charge in [0.05, 0.1) is 13.2 Å². The van der Waals surface area contributed by atoms with Gasteiger partial charge in [0.1, 0.15) is 6.54 Å². The Bertz CT molecular complexity index is 602. The quantitative estimate of drug-likeness (QED) is 0.833. The summed E-state index contributed by atoms with van der Waals surface area (Å²) in [6.07, 6.45) is 0. The number of urea groups is 2. The molecule has 0 spiro atoms. The van der Waals surface area contributed by atoms with Gasteiger partial charge >= 0.3 is 12.1 Å². The minimum absolute atomic E-state index is 0.186. The number of carbonyl (C=O) groups excluding carboxylic acids is 3. The zero-order valence-electron chi connectivity index (χ0n) is 13.0. The Balaban J connectivity index is 1.90. The predicted octanol–water partition coefficient (Wildman–Crippen LogP) is 0.789. The molecular formula is C15H19ClN4O4. The zero-order valence-corrected chi connectivity index (χ0v) is 13.8. The Labute approximate surface area is 144 Å². The summed E-state index contributed by atoms with van der Waals surface area (Å²) in [6.45, 7) is 1.51. The highest BCUT2D eigenvalue weighted by Crippen LogP contribution is 2.09. The maximum absolute atomic E-state index is 12.2. The maximum Gasteiger partial charge on any atom is 0.326 e. The zero-order chi connectivity index (χ0) is 17.5. The third-order valence-electron chi connectivity index (χ3n) is 3.53. The molecule has 2 rings (SSSR count). The number of amides is 5. The van der Waals surface area contributed by atoms with Crippen LogP contribution in [0.4, 0.5) is 9.59 Å². The van der Waals surface area contributed by atoms with Gasteiger partial charge in [0.25, 0.3) is 0 Å². The Kier molecular flexibility index (Phi) is 6.39. The van der Waals surface area contributed by atoms with Gasteiger partial charge in [0.2, 0.25) is 5.91 Å². The van der Waals surface area contributed by atoms with E-state index in [9.17, 15) is 14.4 Å². The maximum atomic E-state index is 12.2. The molecule has 130 valence electrons. The van der Waals surface area contributed by atoms with E-state index in [-0.39, 0.29) is 12.5 Å². The fourth-order valence-corrected chi connectivity index (χ4v) is 2.30. The highest BCUT2D eigenvalue weighted by Gasteiger charge is 2.25. The van der Waals surface area contributed by atoms with Crippen LogP contribution < -0.4 is 11.1 Å². The number of morpholine rings is 1. The minimum Gasteiger partial charge on any atom is -0.378 e. The van der Waals surface area contributed by atoms with E-state index in [0.29, 0.717) is 36.2 Å². The van der Waals surface area contributed by atoms with Crippen LogP contribution in [0, 0.1) is 0 Å². The molecule has 1 aromatic rings. The second-order valence-electron chi connectivity index (χ2n) is 5.20. The van der Waals surface area contributed by atoms with Crippen LogP contribution in [0.3, 0.4) is 0 Å². The first-order valence-electron chi connectivity index (χ1n) is 7.42.